The van der Waals surface area contributed by atoms with Crippen molar-refractivity contribution < 1.29 is 5.11 Å². The minimum atomic E-state index is -1.08. The van der Waals surface area contributed by atoms with Crippen molar-refractivity contribution >= 4 is 0 Å². The average Bonchev–Trinajstić information content (AvgIpc) is 2.34. The number of hydrogen-bond donors (Lipinski definition) is 1. The Balaban J connectivity index is 3.07. The van der Waals surface area contributed by atoms with Gasteiger partial charge in [0.25, 0.3) is 0 Å². The fourth-order valence-corrected chi connectivity index (χ4v) is 1.83. The monoisotopic (exact) mass is 244 g/mol. The minimum absolute atomic E-state index is 0.312. The number of rotatable bonds is 3. The SMILES string of the molecule is CCCCC#CC(O)(c1ccccc1)C(C)(C)C. The average molecular weight is 244 g/mol. The van der Waals surface area contributed by atoms with Gasteiger partial charge in [-0.3, -0.25) is 0 Å². The highest BCUT2D eigenvalue weighted by molar-refractivity contribution is 5.34. The molecule has 0 aliphatic carbocycles. The Kier molecular flexibility index (Phi) is 4.99. The zero-order valence-electron chi connectivity index (χ0n) is 12.0. The Morgan fingerprint density at radius 3 is 2.22 bits per heavy atom. The quantitative estimate of drug-likeness (QED) is 0.626. The lowest BCUT2D eigenvalue weighted by Crippen LogP contribution is -2.38. The van der Waals surface area contributed by atoms with Crippen molar-refractivity contribution in [2.24, 2.45) is 5.41 Å². The maximum atomic E-state index is 10.9. The van der Waals surface area contributed by atoms with Crippen molar-refractivity contribution in [3.8, 4) is 11.8 Å². The molecule has 0 aromatic heterocycles. The van der Waals surface area contributed by atoms with Gasteiger partial charge < -0.3 is 5.11 Å². The third kappa shape index (κ3) is 3.37. The summed E-state index contributed by atoms with van der Waals surface area (Å²) in [6.07, 6.45) is 3.07. The molecule has 1 atom stereocenters. The number of unbranched alkanes of at least 4 members (excludes halogenated alkanes) is 2. The predicted molar refractivity (Wildman–Crippen MR) is 77.1 cm³/mol. The molecule has 1 nitrogen and oxygen atoms in total. The molecule has 1 aromatic rings. The first-order chi connectivity index (χ1) is 8.42. The van der Waals surface area contributed by atoms with Crippen molar-refractivity contribution in [2.45, 2.75) is 52.6 Å². The van der Waals surface area contributed by atoms with E-state index in [4.69, 9.17) is 0 Å². The molecule has 1 rings (SSSR count). The van der Waals surface area contributed by atoms with Gasteiger partial charge in [0.1, 0.15) is 0 Å². The third-order valence-electron chi connectivity index (χ3n) is 3.20. The molecule has 0 fully saturated rings. The van der Waals surface area contributed by atoms with Crippen LogP contribution in [0.15, 0.2) is 30.3 Å². The van der Waals surface area contributed by atoms with Crippen LogP contribution in [-0.4, -0.2) is 5.11 Å². The molecule has 0 spiro atoms. The van der Waals surface area contributed by atoms with E-state index >= 15 is 0 Å². The molecule has 1 N–H and O–H groups in total. The van der Waals surface area contributed by atoms with Crippen molar-refractivity contribution in [1.29, 1.82) is 0 Å². The molecule has 0 amide bonds. The maximum Gasteiger partial charge on any atom is 0.155 e. The van der Waals surface area contributed by atoms with Crippen molar-refractivity contribution in [3.63, 3.8) is 0 Å². The van der Waals surface area contributed by atoms with Gasteiger partial charge in [-0.15, -0.1) is 0 Å². The summed E-state index contributed by atoms with van der Waals surface area (Å²) in [6.45, 7) is 8.21. The summed E-state index contributed by atoms with van der Waals surface area (Å²) in [5.74, 6) is 6.22. The lowest BCUT2D eigenvalue weighted by atomic mass is 9.72. The molecule has 0 aliphatic rings. The molecule has 0 saturated carbocycles. The van der Waals surface area contributed by atoms with E-state index in [0.717, 1.165) is 24.8 Å². The van der Waals surface area contributed by atoms with Gasteiger partial charge in [0, 0.05) is 11.8 Å². The number of hydrogen-bond acceptors (Lipinski definition) is 1. The van der Waals surface area contributed by atoms with Crippen LogP contribution in [0, 0.1) is 17.3 Å². The zero-order valence-corrected chi connectivity index (χ0v) is 12.0. The Morgan fingerprint density at radius 2 is 1.72 bits per heavy atom. The third-order valence-corrected chi connectivity index (χ3v) is 3.20. The van der Waals surface area contributed by atoms with Gasteiger partial charge in [-0.25, -0.2) is 0 Å². The molecule has 1 unspecified atom stereocenters. The second kappa shape index (κ2) is 6.07. The van der Waals surface area contributed by atoms with E-state index in [1.165, 1.54) is 0 Å². The van der Waals surface area contributed by atoms with Crippen molar-refractivity contribution in [2.75, 3.05) is 0 Å². The van der Waals surface area contributed by atoms with Crippen LogP contribution in [0.4, 0.5) is 0 Å². The van der Waals surface area contributed by atoms with Gasteiger partial charge >= 0.3 is 0 Å². The van der Waals surface area contributed by atoms with E-state index in [1.807, 2.05) is 51.1 Å². The van der Waals surface area contributed by atoms with Gasteiger partial charge in [-0.2, -0.15) is 0 Å². The van der Waals surface area contributed by atoms with E-state index in [1.54, 1.807) is 0 Å². The van der Waals surface area contributed by atoms with E-state index in [0.29, 0.717) is 0 Å². The smallest absolute Gasteiger partial charge is 0.155 e. The van der Waals surface area contributed by atoms with E-state index in [-0.39, 0.29) is 5.41 Å². The summed E-state index contributed by atoms with van der Waals surface area (Å²) in [7, 11) is 0. The van der Waals surface area contributed by atoms with Crippen LogP contribution in [-0.2, 0) is 5.60 Å². The molecular formula is C17H24O. The standard InChI is InChI=1S/C17H24O/c1-5-6-7-11-14-17(18,16(2,3)4)15-12-9-8-10-13-15/h8-10,12-13,18H,5-7H2,1-4H3. The summed E-state index contributed by atoms with van der Waals surface area (Å²) in [5, 5.41) is 10.9. The number of benzene rings is 1. The van der Waals surface area contributed by atoms with Crippen LogP contribution in [0.25, 0.3) is 0 Å². The van der Waals surface area contributed by atoms with Crippen molar-refractivity contribution in [1.82, 2.24) is 0 Å². The Hall–Kier alpha value is -1.26. The molecular weight excluding hydrogens is 220 g/mol. The fraction of sp³-hybridized carbons (Fsp3) is 0.529. The highest BCUT2D eigenvalue weighted by Gasteiger charge is 2.40. The predicted octanol–water partition coefficient (Wildman–Crippen LogP) is 4.11. The Bertz CT molecular complexity index is 416. The summed E-state index contributed by atoms with van der Waals surface area (Å²) < 4.78 is 0. The van der Waals surface area contributed by atoms with Crippen LogP contribution in [0.1, 0.15) is 52.5 Å². The minimum Gasteiger partial charge on any atom is -0.373 e. The van der Waals surface area contributed by atoms with Crippen LogP contribution in [0.3, 0.4) is 0 Å². The van der Waals surface area contributed by atoms with Crippen LogP contribution in [0.5, 0.6) is 0 Å². The summed E-state index contributed by atoms with van der Waals surface area (Å²) in [5.41, 5.74) is -0.517. The lowest BCUT2D eigenvalue weighted by molar-refractivity contribution is -0.00909. The molecule has 0 radical (unpaired) electrons. The normalized spacial score (nSPS) is 14.5. The molecule has 1 heteroatoms. The summed E-state index contributed by atoms with van der Waals surface area (Å²) in [6, 6.07) is 9.73. The van der Waals surface area contributed by atoms with Gasteiger partial charge in [-0.1, -0.05) is 76.3 Å². The highest BCUT2D eigenvalue weighted by Crippen LogP contribution is 2.38. The molecule has 0 aliphatic heterocycles. The highest BCUT2D eigenvalue weighted by atomic mass is 16.3. The zero-order chi connectivity index (χ0) is 13.6. The van der Waals surface area contributed by atoms with Gasteiger partial charge in [0.15, 0.2) is 5.60 Å². The topological polar surface area (TPSA) is 20.2 Å². The van der Waals surface area contributed by atoms with Crippen LogP contribution in [0.2, 0.25) is 0 Å². The lowest BCUT2D eigenvalue weighted by Gasteiger charge is -2.36. The summed E-state index contributed by atoms with van der Waals surface area (Å²) in [4.78, 5) is 0. The first-order valence-corrected chi connectivity index (χ1v) is 6.69. The summed E-state index contributed by atoms with van der Waals surface area (Å²) >= 11 is 0. The second-order valence-corrected chi connectivity index (χ2v) is 5.73. The first-order valence-electron chi connectivity index (χ1n) is 6.69. The van der Waals surface area contributed by atoms with Gasteiger partial charge in [0.05, 0.1) is 0 Å². The maximum absolute atomic E-state index is 10.9. The number of aliphatic hydroxyl groups is 1. The fourth-order valence-electron chi connectivity index (χ4n) is 1.83. The molecule has 0 saturated heterocycles. The van der Waals surface area contributed by atoms with E-state index in [9.17, 15) is 5.11 Å². The molecule has 1 aromatic carbocycles. The largest absolute Gasteiger partial charge is 0.373 e. The van der Waals surface area contributed by atoms with Gasteiger partial charge in [-0.05, 0) is 12.0 Å². The second-order valence-electron chi connectivity index (χ2n) is 5.73. The molecule has 0 bridgehead atoms. The first kappa shape index (κ1) is 14.8. The van der Waals surface area contributed by atoms with E-state index in [2.05, 4.69) is 18.8 Å². The molecule has 98 valence electrons. The van der Waals surface area contributed by atoms with Crippen molar-refractivity contribution in [3.05, 3.63) is 35.9 Å². The molecule has 0 heterocycles. The Labute approximate surface area is 111 Å². The van der Waals surface area contributed by atoms with E-state index < -0.39 is 5.60 Å². The van der Waals surface area contributed by atoms with Crippen LogP contribution < -0.4 is 0 Å². The van der Waals surface area contributed by atoms with Gasteiger partial charge in [0.2, 0.25) is 0 Å². The Morgan fingerprint density at radius 1 is 1.11 bits per heavy atom. The van der Waals surface area contributed by atoms with Crippen LogP contribution >= 0.6 is 0 Å². The molecule has 18 heavy (non-hydrogen) atoms.